The molecule has 0 saturated carbocycles. The van der Waals surface area contributed by atoms with E-state index in [-0.39, 0.29) is 0 Å². The molecule has 1 fully saturated rings. The summed E-state index contributed by atoms with van der Waals surface area (Å²) >= 11 is 0. The van der Waals surface area contributed by atoms with Crippen molar-refractivity contribution in [1.82, 2.24) is 0 Å². The largest absolute Gasteiger partial charge is 0.480 e. The Balaban J connectivity index is 0.000000279. The Morgan fingerprint density at radius 2 is 1.47 bits per heavy atom. The molecule has 8 heteroatoms. The van der Waals surface area contributed by atoms with Crippen molar-refractivity contribution in [3.05, 3.63) is 107 Å². The van der Waals surface area contributed by atoms with Gasteiger partial charge in [-0.15, -0.1) is 0 Å². The van der Waals surface area contributed by atoms with E-state index in [1.165, 1.54) is 11.1 Å². The molecule has 3 aromatic carbocycles. The van der Waals surface area contributed by atoms with Crippen molar-refractivity contribution in [2.24, 2.45) is 5.73 Å². The van der Waals surface area contributed by atoms with Gasteiger partial charge in [0.2, 0.25) is 0 Å². The predicted molar refractivity (Wildman–Crippen MR) is 144 cm³/mol. The second kappa shape index (κ2) is 14.2. The third-order valence-corrected chi connectivity index (χ3v) is 6.63. The summed E-state index contributed by atoms with van der Waals surface area (Å²) in [6, 6.07) is 24.6. The van der Waals surface area contributed by atoms with Crippen molar-refractivity contribution in [3.8, 4) is 0 Å². The third-order valence-electron chi connectivity index (χ3n) is 6.63. The third kappa shape index (κ3) is 7.94. The molecule has 1 heterocycles. The summed E-state index contributed by atoms with van der Waals surface area (Å²) in [7, 11) is 0. The number of aliphatic hydroxyl groups excluding tert-OH is 4. The van der Waals surface area contributed by atoms with Gasteiger partial charge in [0.1, 0.15) is 36.6 Å². The number of aryl methyl sites for hydroxylation is 1. The summed E-state index contributed by atoms with van der Waals surface area (Å²) in [5.74, 6) is -0.959. The zero-order valence-electron chi connectivity index (χ0n) is 21.4. The SMILES string of the molecule is CCc1ccc(Cc2cccc([C@@H]3O[C@H](CO)[C@@H](O)[C@H](O)[C@H]3O)c2)cc1.N[C@@H](Cc1ccccc1)C(=O)O. The van der Waals surface area contributed by atoms with Gasteiger partial charge >= 0.3 is 5.97 Å². The zero-order chi connectivity index (χ0) is 27.7. The van der Waals surface area contributed by atoms with Gasteiger partial charge in [0.25, 0.3) is 0 Å². The highest BCUT2D eigenvalue weighted by Gasteiger charge is 2.43. The highest BCUT2D eigenvalue weighted by Crippen LogP contribution is 2.33. The monoisotopic (exact) mass is 523 g/mol. The number of hydrogen-bond donors (Lipinski definition) is 6. The van der Waals surface area contributed by atoms with Crippen LogP contribution in [-0.4, -0.2) is 68.6 Å². The highest BCUT2D eigenvalue weighted by molar-refractivity contribution is 5.73. The Kier molecular flexibility index (Phi) is 11.0. The van der Waals surface area contributed by atoms with Gasteiger partial charge in [-0.3, -0.25) is 4.79 Å². The quantitative estimate of drug-likeness (QED) is 0.262. The molecule has 204 valence electrons. The number of aliphatic hydroxyl groups is 4. The number of rotatable bonds is 8. The van der Waals surface area contributed by atoms with Crippen LogP contribution < -0.4 is 5.73 Å². The van der Waals surface area contributed by atoms with E-state index < -0.39 is 49.1 Å². The molecule has 8 nitrogen and oxygen atoms in total. The number of hydrogen-bond acceptors (Lipinski definition) is 7. The lowest BCUT2D eigenvalue weighted by Gasteiger charge is -2.40. The molecule has 38 heavy (non-hydrogen) atoms. The van der Waals surface area contributed by atoms with Crippen LogP contribution in [0.15, 0.2) is 78.9 Å². The van der Waals surface area contributed by atoms with E-state index in [0.717, 1.165) is 24.0 Å². The normalized spacial score (nSPS) is 23.7. The maximum atomic E-state index is 10.4. The number of nitrogens with two attached hydrogens (primary N) is 1. The lowest BCUT2D eigenvalue weighted by atomic mass is 9.90. The first-order valence-electron chi connectivity index (χ1n) is 12.7. The van der Waals surface area contributed by atoms with Crippen LogP contribution in [-0.2, 0) is 28.8 Å². The van der Waals surface area contributed by atoms with E-state index in [2.05, 4.69) is 31.2 Å². The minimum atomic E-state index is -1.36. The second-order valence-corrected chi connectivity index (χ2v) is 9.48. The molecular formula is C30H37NO7. The molecule has 0 amide bonds. The van der Waals surface area contributed by atoms with Gasteiger partial charge < -0.3 is 36.0 Å². The van der Waals surface area contributed by atoms with Crippen LogP contribution in [0.5, 0.6) is 0 Å². The minimum Gasteiger partial charge on any atom is -0.480 e. The first-order valence-corrected chi connectivity index (χ1v) is 12.7. The average molecular weight is 524 g/mol. The molecule has 0 aromatic heterocycles. The van der Waals surface area contributed by atoms with Gasteiger partial charge in [0, 0.05) is 0 Å². The van der Waals surface area contributed by atoms with E-state index in [9.17, 15) is 25.2 Å². The van der Waals surface area contributed by atoms with E-state index in [1.54, 1.807) is 0 Å². The summed E-state index contributed by atoms with van der Waals surface area (Å²) < 4.78 is 5.64. The van der Waals surface area contributed by atoms with Crippen molar-refractivity contribution in [2.75, 3.05) is 6.61 Å². The first-order chi connectivity index (χ1) is 18.2. The molecule has 1 saturated heterocycles. The fourth-order valence-corrected chi connectivity index (χ4v) is 4.34. The van der Waals surface area contributed by atoms with Gasteiger partial charge in [-0.2, -0.15) is 0 Å². The molecule has 1 aliphatic rings. The fraction of sp³-hybridized carbons (Fsp3) is 0.367. The molecule has 6 atom stereocenters. The number of aliphatic carboxylic acids is 1. The highest BCUT2D eigenvalue weighted by atomic mass is 16.5. The molecule has 1 aliphatic heterocycles. The Hall–Kier alpha value is -3.11. The van der Waals surface area contributed by atoms with Crippen molar-refractivity contribution >= 4 is 5.97 Å². The van der Waals surface area contributed by atoms with Gasteiger partial charge in [-0.25, -0.2) is 0 Å². The second-order valence-electron chi connectivity index (χ2n) is 9.48. The number of ether oxygens (including phenoxy) is 1. The van der Waals surface area contributed by atoms with Crippen molar-refractivity contribution in [2.45, 2.75) is 62.7 Å². The number of carboxylic acids is 1. The lowest BCUT2D eigenvalue weighted by Crippen LogP contribution is -2.55. The Morgan fingerprint density at radius 1 is 0.842 bits per heavy atom. The molecular weight excluding hydrogens is 486 g/mol. The lowest BCUT2D eigenvalue weighted by molar-refractivity contribution is -0.231. The van der Waals surface area contributed by atoms with Crippen LogP contribution in [0, 0.1) is 0 Å². The Morgan fingerprint density at radius 3 is 2.08 bits per heavy atom. The summed E-state index contributed by atoms with van der Waals surface area (Å²) in [4.78, 5) is 10.4. The number of carbonyl (C=O) groups is 1. The Bertz CT molecular complexity index is 1140. The van der Waals surface area contributed by atoms with Crippen LogP contribution in [0.2, 0.25) is 0 Å². The van der Waals surface area contributed by atoms with Crippen LogP contribution >= 0.6 is 0 Å². The maximum absolute atomic E-state index is 10.4. The van der Waals surface area contributed by atoms with E-state index in [4.69, 9.17) is 15.6 Å². The van der Waals surface area contributed by atoms with Crippen LogP contribution in [0.4, 0.5) is 0 Å². The maximum Gasteiger partial charge on any atom is 0.320 e. The molecule has 4 rings (SSSR count). The van der Waals surface area contributed by atoms with Gasteiger partial charge in [0.05, 0.1) is 6.61 Å². The van der Waals surface area contributed by atoms with Crippen molar-refractivity contribution < 1.29 is 35.1 Å². The molecule has 0 aliphatic carbocycles. The fourth-order valence-electron chi connectivity index (χ4n) is 4.34. The summed E-state index contributed by atoms with van der Waals surface area (Å²) in [5, 5.41) is 48.1. The van der Waals surface area contributed by atoms with E-state index >= 15 is 0 Å². The Labute approximate surface area is 223 Å². The zero-order valence-corrected chi connectivity index (χ0v) is 21.4. The summed E-state index contributed by atoms with van der Waals surface area (Å²) in [6.45, 7) is 1.70. The number of carboxylic acid groups (broad SMARTS) is 1. The van der Waals surface area contributed by atoms with Crippen LogP contribution in [0.1, 0.15) is 40.8 Å². The van der Waals surface area contributed by atoms with Gasteiger partial charge in [-0.1, -0.05) is 85.8 Å². The van der Waals surface area contributed by atoms with Crippen molar-refractivity contribution in [1.29, 1.82) is 0 Å². The van der Waals surface area contributed by atoms with Crippen LogP contribution in [0.3, 0.4) is 0 Å². The van der Waals surface area contributed by atoms with E-state index in [1.807, 2.05) is 54.6 Å². The molecule has 0 unspecified atom stereocenters. The minimum absolute atomic E-state index is 0.385. The van der Waals surface area contributed by atoms with Crippen molar-refractivity contribution in [3.63, 3.8) is 0 Å². The van der Waals surface area contributed by atoms with Gasteiger partial charge in [-0.05, 0) is 47.1 Å². The standard InChI is InChI=1S/C21H26O5.C9H11NO2/c1-2-13-6-8-14(9-7-13)10-15-4-3-5-16(11-15)21-20(25)19(24)18(23)17(12-22)26-21;10-8(9(11)12)6-7-4-2-1-3-5-7/h3-9,11,17-25H,2,10,12H2,1H3;1-5,8H,6,10H2,(H,11,12)/t17-,18-,19+,20-,21+;8-/m10/s1. The molecule has 0 radical (unpaired) electrons. The molecule has 0 bridgehead atoms. The van der Waals surface area contributed by atoms with E-state index in [0.29, 0.717) is 12.0 Å². The summed E-state index contributed by atoms with van der Waals surface area (Å²) in [5.41, 5.74) is 10.6. The van der Waals surface area contributed by atoms with Crippen LogP contribution in [0.25, 0.3) is 0 Å². The predicted octanol–water partition coefficient (Wildman–Crippen LogP) is 2.00. The topological polar surface area (TPSA) is 153 Å². The van der Waals surface area contributed by atoms with Gasteiger partial charge in [0.15, 0.2) is 0 Å². The number of benzene rings is 3. The first kappa shape index (κ1) is 29.4. The summed E-state index contributed by atoms with van der Waals surface area (Å²) in [6.07, 6.45) is -3.52. The smallest absolute Gasteiger partial charge is 0.320 e. The molecule has 0 spiro atoms. The molecule has 3 aromatic rings. The molecule has 7 N–H and O–H groups in total. The average Bonchev–Trinajstić information content (AvgIpc) is 2.93.